The molecule has 0 aromatic rings. The van der Waals surface area contributed by atoms with E-state index in [1.807, 2.05) is 0 Å². The molecule has 0 amide bonds. The van der Waals surface area contributed by atoms with E-state index < -0.39 is 18.3 Å². The van der Waals surface area contributed by atoms with Crippen LogP contribution in [0, 0.1) is 0 Å². The summed E-state index contributed by atoms with van der Waals surface area (Å²) in [6.07, 6.45) is -4.13. The summed E-state index contributed by atoms with van der Waals surface area (Å²) in [7, 11) is 0. The predicted molar refractivity (Wildman–Crippen MR) is 35.3 cm³/mol. The lowest BCUT2D eigenvalue weighted by Gasteiger charge is -2.32. The predicted octanol–water partition coefficient (Wildman–Crippen LogP) is 0.499. The Labute approximate surface area is 63.2 Å². The topological polar surface area (TPSA) is 24.1 Å². The van der Waals surface area contributed by atoms with Gasteiger partial charge in [-0.15, -0.1) is 0 Å². The number of nitrogens with one attached hydrogen (secondary N) is 2. The molecule has 1 fully saturated rings. The fourth-order valence-corrected chi connectivity index (χ4v) is 1.22. The first kappa shape index (κ1) is 8.80. The fraction of sp³-hybridized carbons (Fsp3) is 1.00. The summed E-state index contributed by atoms with van der Waals surface area (Å²) < 4.78 is 36.3. The molecule has 1 saturated heterocycles. The Morgan fingerprint density at radius 2 is 1.73 bits per heavy atom. The van der Waals surface area contributed by atoms with Crippen molar-refractivity contribution in [2.75, 3.05) is 13.1 Å². The van der Waals surface area contributed by atoms with Gasteiger partial charge in [0.25, 0.3) is 0 Å². The first-order chi connectivity index (χ1) is 5.02. The molecule has 0 aromatic heterocycles. The van der Waals surface area contributed by atoms with E-state index in [-0.39, 0.29) is 0 Å². The molecule has 2 N–H and O–H groups in total. The number of hydrogen-bond acceptors (Lipinski definition) is 2. The van der Waals surface area contributed by atoms with Crippen LogP contribution in [-0.2, 0) is 0 Å². The number of halogens is 3. The molecule has 1 aliphatic heterocycles. The van der Waals surface area contributed by atoms with Gasteiger partial charge in [0.1, 0.15) is 6.04 Å². The van der Waals surface area contributed by atoms with Crippen molar-refractivity contribution < 1.29 is 13.2 Å². The first-order valence-corrected chi connectivity index (χ1v) is 3.55. The van der Waals surface area contributed by atoms with Crippen LogP contribution < -0.4 is 10.6 Å². The van der Waals surface area contributed by atoms with Gasteiger partial charge >= 0.3 is 6.18 Å². The summed E-state index contributed by atoms with van der Waals surface area (Å²) in [6.45, 7) is 2.52. The Morgan fingerprint density at radius 3 is 2.09 bits per heavy atom. The van der Waals surface area contributed by atoms with Gasteiger partial charge < -0.3 is 10.6 Å². The quantitative estimate of drug-likeness (QED) is 0.550. The summed E-state index contributed by atoms with van der Waals surface area (Å²) >= 11 is 0. The molecule has 5 heteroatoms. The van der Waals surface area contributed by atoms with E-state index >= 15 is 0 Å². The molecule has 66 valence electrons. The van der Waals surface area contributed by atoms with E-state index in [0.717, 1.165) is 0 Å². The Morgan fingerprint density at radius 1 is 1.18 bits per heavy atom. The van der Waals surface area contributed by atoms with Crippen LogP contribution in [0.2, 0.25) is 0 Å². The molecule has 1 rings (SSSR count). The molecule has 1 heterocycles. The average Bonchev–Trinajstić information content (AvgIpc) is 1.86. The molecule has 0 aromatic carbocycles. The Bertz CT molecular complexity index is 134. The van der Waals surface area contributed by atoms with Crippen LogP contribution in [-0.4, -0.2) is 31.3 Å². The van der Waals surface area contributed by atoms with E-state index in [1.165, 1.54) is 6.92 Å². The van der Waals surface area contributed by atoms with Crippen LogP contribution in [0.5, 0.6) is 0 Å². The molecular formula is C6H11F3N2. The maximum Gasteiger partial charge on any atom is 0.405 e. The van der Waals surface area contributed by atoms with Gasteiger partial charge in [-0.3, -0.25) is 0 Å². The molecular weight excluding hydrogens is 157 g/mol. The number of piperazine rings is 1. The van der Waals surface area contributed by atoms with Crippen LogP contribution in [0.3, 0.4) is 0 Å². The van der Waals surface area contributed by atoms with Crippen molar-refractivity contribution in [3.63, 3.8) is 0 Å². The molecule has 2 nitrogen and oxygen atoms in total. The summed E-state index contributed by atoms with van der Waals surface area (Å²) in [5.74, 6) is 0. The zero-order chi connectivity index (χ0) is 8.48. The lowest BCUT2D eigenvalue weighted by atomic mass is 10.1. The minimum absolute atomic E-state index is 0.383. The minimum atomic E-state index is -4.13. The van der Waals surface area contributed by atoms with Gasteiger partial charge in [-0.2, -0.15) is 13.2 Å². The van der Waals surface area contributed by atoms with E-state index in [9.17, 15) is 13.2 Å². The summed E-state index contributed by atoms with van der Waals surface area (Å²) in [4.78, 5) is 0. The first-order valence-electron chi connectivity index (χ1n) is 3.55. The third-order valence-corrected chi connectivity index (χ3v) is 1.81. The largest absolute Gasteiger partial charge is 0.405 e. The zero-order valence-corrected chi connectivity index (χ0v) is 6.20. The lowest BCUT2D eigenvalue weighted by molar-refractivity contribution is -0.164. The van der Waals surface area contributed by atoms with Crippen molar-refractivity contribution in [3.8, 4) is 0 Å². The van der Waals surface area contributed by atoms with Crippen molar-refractivity contribution in [2.45, 2.75) is 25.2 Å². The second kappa shape index (κ2) is 2.98. The molecule has 2 atom stereocenters. The number of alkyl halides is 3. The third kappa shape index (κ3) is 2.07. The van der Waals surface area contributed by atoms with E-state index in [0.29, 0.717) is 13.1 Å². The lowest BCUT2D eigenvalue weighted by Crippen LogP contribution is -2.60. The van der Waals surface area contributed by atoms with Crippen molar-refractivity contribution >= 4 is 0 Å². The average molecular weight is 168 g/mol. The smallest absolute Gasteiger partial charge is 0.311 e. The summed E-state index contributed by atoms with van der Waals surface area (Å²) in [5.41, 5.74) is 0. The van der Waals surface area contributed by atoms with Gasteiger partial charge in [0.15, 0.2) is 0 Å². The van der Waals surface area contributed by atoms with Gasteiger partial charge in [0.05, 0.1) is 0 Å². The normalized spacial score (nSPS) is 33.8. The highest BCUT2D eigenvalue weighted by Gasteiger charge is 2.43. The van der Waals surface area contributed by atoms with Crippen molar-refractivity contribution in [1.82, 2.24) is 10.6 Å². The Hall–Kier alpha value is -0.290. The van der Waals surface area contributed by atoms with Crippen LogP contribution in [0.4, 0.5) is 13.2 Å². The molecule has 11 heavy (non-hydrogen) atoms. The highest BCUT2D eigenvalue weighted by atomic mass is 19.4. The standard InChI is InChI=1S/C6H11F3N2/c1-4-5(6(7,8)9)11-3-2-10-4/h4-5,10-11H,2-3H2,1H3/t4-,5-/m0/s1. The third-order valence-electron chi connectivity index (χ3n) is 1.81. The second-order valence-electron chi connectivity index (χ2n) is 2.72. The minimum Gasteiger partial charge on any atom is -0.311 e. The highest BCUT2D eigenvalue weighted by molar-refractivity contribution is 4.88. The van der Waals surface area contributed by atoms with Gasteiger partial charge in [-0.1, -0.05) is 0 Å². The molecule has 0 saturated carbocycles. The van der Waals surface area contributed by atoms with Gasteiger partial charge in [0.2, 0.25) is 0 Å². The molecule has 0 radical (unpaired) electrons. The van der Waals surface area contributed by atoms with Crippen molar-refractivity contribution in [2.24, 2.45) is 0 Å². The fourth-order valence-electron chi connectivity index (χ4n) is 1.22. The summed E-state index contributed by atoms with van der Waals surface area (Å²) in [5, 5.41) is 5.18. The molecule has 1 aliphatic rings. The van der Waals surface area contributed by atoms with Crippen LogP contribution in [0.15, 0.2) is 0 Å². The molecule has 0 bridgehead atoms. The van der Waals surface area contributed by atoms with Gasteiger partial charge in [-0.05, 0) is 6.92 Å². The van der Waals surface area contributed by atoms with Gasteiger partial charge in [0, 0.05) is 19.1 Å². The van der Waals surface area contributed by atoms with Crippen molar-refractivity contribution in [3.05, 3.63) is 0 Å². The van der Waals surface area contributed by atoms with Crippen molar-refractivity contribution in [1.29, 1.82) is 0 Å². The maximum absolute atomic E-state index is 12.1. The Balaban J connectivity index is 2.55. The molecule has 0 spiro atoms. The van der Waals surface area contributed by atoms with E-state index in [2.05, 4.69) is 10.6 Å². The van der Waals surface area contributed by atoms with Crippen LogP contribution in [0.1, 0.15) is 6.92 Å². The van der Waals surface area contributed by atoms with Crippen LogP contribution >= 0.6 is 0 Å². The number of hydrogen-bond donors (Lipinski definition) is 2. The van der Waals surface area contributed by atoms with Gasteiger partial charge in [-0.25, -0.2) is 0 Å². The SMILES string of the molecule is C[C@@H]1NCCN[C@@H]1C(F)(F)F. The summed E-state index contributed by atoms with van der Waals surface area (Å²) in [6, 6.07) is -1.92. The van der Waals surface area contributed by atoms with E-state index in [4.69, 9.17) is 0 Å². The molecule has 0 aliphatic carbocycles. The molecule has 0 unspecified atom stereocenters. The monoisotopic (exact) mass is 168 g/mol. The van der Waals surface area contributed by atoms with E-state index in [1.54, 1.807) is 0 Å². The number of rotatable bonds is 0. The highest BCUT2D eigenvalue weighted by Crippen LogP contribution is 2.23. The Kier molecular flexibility index (Phi) is 2.39. The second-order valence-corrected chi connectivity index (χ2v) is 2.72. The maximum atomic E-state index is 12.1. The zero-order valence-electron chi connectivity index (χ0n) is 6.20. The van der Waals surface area contributed by atoms with Crippen LogP contribution in [0.25, 0.3) is 0 Å².